The fraction of sp³-hybridized carbons (Fsp3) is 0.240. The van der Waals surface area contributed by atoms with Crippen molar-refractivity contribution < 1.29 is 17.9 Å². The zero-order chi connectivity index (χ0) is 23.7. The van der Waals surface area contributed by atoms with Crippen molar-refractivity contribution in [3.05, 3.63) is 89.4 Å². The molecule has 0 spiro atoms. The topological polar surface area (TPSA) is 75.7 Å². The number of rotatable bonds is 11. The molecular weight excluding hydrogens is 460 g/mol. The Kier molecular flexibility index (Phi) is 8.74. The molecule has 0 unspecified atom stereocenters. The van der Waals surface area contributed by atoms with E-state index in [0.29, 0.717) is 42.5 Å². The van der Waals surface area contributed by atoms with Crippen molar-refractivity contribution in [1.29, 1.82) is 0 Å². The maximum atomic E-state index is 13.5. The van der Waals surface area contributed by atoms with Gasteiger partial charge in [-0.1, -0.05) is 60.1 Å². The maximum absolute atomic E-state index is 13.5. The summed E-state index contributed by atoms with van der Waals surface area (Å²) >= 11 is 6.18. The van der Waals surface area contributed by atoms with Crippen molar-refractivity contribution in [1.82, 2.24) is 5.32 Å². The highest BCUT2D eigenvalue weighted by Gasteiger charge is 2.29. The normalized spacial score (nSPS) is 11.1. The number of hydrogen-bond donors (Lipinski definition) is 1. The van der Waals surface area contributed by atoms with E-state index in [2.05, 4.69) is 5.32 Å². The van der Waals surface area contributed by atoms with Gasteiger partial charge in [-0.2, -0.15) is 0 Å². The number of carbonyl (C=O) groups excluding carboxylic acids is 1. The summed E-state index contributed by atoms with van der Waals surface area (Å²) in [5, 5.41) is 3.51. The Bertz CT molecular complexity index is 1170. The highest BCUT2D eigenvalue weighted by molar-refractivity contribution is 7.92. The first-order valence-electron chi connectivity index (χ1n) is 10.7. The molecule has 6 nitrogen and oxygen atoms in total. The van der Waals surface area contributed by atoms with E-state index >= 15 is 0 Å². The van der Waals surface area contributed by atoms with Gasteiger partial charge in [0.25, 0.3) is 10.0 Å². The molecule has 8 heteroatoms. The molecule has 0 fully saturated rings. The van der Waals surface area contributed by atoms with Crippen LogP contribution in [0.4, 0.5) is 5.69 Å². The van der Waals surface area contributed by atoms with Crippen molar-refractivity contribution in [2.45, 2.75) is 24.7 Å². The Morgan fingerprint density at radius 2 is 1.64 bits per heavy atom. The van der Waals surface area contributed by atoms with Gasteiger partial charge in [0.1, 0.15) is 12.3 Å². The summed E-state index contributed by atoms with van der Waals surface area (Å²) in [6, 6.07) is 22.4. The van der Waals surface area contributed by atoms with Gasteiger partial charge in [0.05, 0.1) is 17.2 Å². The van der Waals surface area contributed by atoms with Crippen LogP contribution in [-0.4, -0.2) is 34.0 Å². The van der Waals surface area contributed by atoms with Gasteiger partial charge in [-0.3, -0.25) is 9.10 Å². The molecule has 0 bridgehead atoms. The number of ether oxygens (including phenoxy) is 1. The number of aryl methyl sites for hydroxylation is 1. The number of hydrogen-bond acceptors (Lipinski definition) is 4. The summed E-state index contributed by atoms with van der Waals surface area (Å²) in [6.45, 7) is 2.22. The van der Waals surface area contributed by atoms with Gasteiger partial charge >= 0.3 is 0 Å². The van der Waals surface area contributed by atoms with Gasteiger partial charge in [0.15, 0.2) is 0 Å². The largest absolute Gasteiger partial charge is 0.492 e. The molecule has 0 aliphatic rings. The van der Waals surface area contributed by atoms with Crippen LogP contribution in [0.1, 0.15) is 18.9 Å². The minimum atomic E-state index is -3.99. The molecule has 0 heterocycles. The molecule has 174 valence electrons. The summed E-state index contributed by atoms with van der Waals surface area (Å²) in [4.78, 5) is 12.9. The number of carbonyl (C=O) groups is 1. The predicted octanol–water partition coefficient (Wildman–Crippen LogP) is 4.68. The summed E-state index contributed by atoms with van der Waals surface area (Å²) in [5.74, 6) is -0.00834. The zero-order valence-electron chi connectivity index (χ0n) is 18.4. The van der Waals surface area contributed by atoms with Crippen LogP contribution in [0.3, 0.4) is 0 Å². The van der Waals surface area contributed by atoms with Crippen LogP contribution in [0.25, 0.3) is 0 Å². The van der Waals surface area contributed by atoms with E-state index in [0.717, 1.165) is 9.87 Å². The highest BCUT2D eigenvalue weighted by Crippen LogP contribution is 2.32. The van der Waals surface area contributed by atoms with E-state index in [-0.39, 0.29) is 11.4 Å². The van der Waals surface area contributed by atoms with E-state index in [1.807, 2.05) is 31.2 Å². The Morgan fingerprint density at radius 1 is 0.970 bits per heavy atom. The number of nitrogens with zero attached hydrogens (tertiary/aromatic N) is 1. The second-order valence-electron chi connectivity index (χ2n) is 7.27. The Labute approximate surface area is 200 Å². The molecule has 3 aromatic carbocycles. The third-order valence-electron chi connectivity index (χ3n) is 4.96. The Balaban J connectivity index is 1.76. The lowest BCUT2D eigenvalue weighted by Gasteiger charge is -2.26. The second kappa shape index (κ2) is 11.7. The van der Waals surface area contributed by atoms with E-state index in [1.54, 1.807) is 42.5 Å². The number of para-hydroxylation sites is 2. The van der Waals surface area contributed by atoms with Crippen LogP contribution in [-0.2, 0) is 21.2 Å². The van der Waals surface area contributed by atoms with Crippen LogP contribution >= 0.6 is 11.6 Å². The minimum Gasteiger partial charge on any atom is -0.492 e. The summed E-state index contributed by atoms with van der Waals surface area (Å²) in [5.41, 5.74) is 1.32. The molecule has 1 amide bonds. The van der Waals surface area contributed by atoms with Crippen molar-refractivity contribution in [3.63, 3.8) is 0 Å². The molecule has 0 radical (unpaired) electrons. The lowest BCUT2D eigenvalue weighted by molar-refractivity contribution is -0.119. The molecule has 0 aromatic heterocycles. The molecule has 0 aliphatic carbocycles. The van der Waals surface area contributed by atoms with Gasteiger partial charge < -0.3 is 10.1 Å². The van der Waals surface area contributed by atoms with Gasteiger partial charge in [0, 0.05) is 11.6 Å². The average molecular weight is 487 g/mol. The molecule has 0 atom stereocenters. The number of amides is 1. The van der Waals surface area contributed by atoms with E-state index in [1.165, 1.54) is 12.1 Å². The average Bonchev–Trinajstić information content (AvgIpc) is 2.82. The number of anilines is 1. The lowest BCUT2D eigenvalue weighted by Crippen LogP contribution is -2.41. The monoisotopic (exact) mass is 486 g/mol. The van der Waals surface area contributed by atoms with Gasteiger partial charge in [0.2, 0.25) is 5.91 Å². The van der Waals surface area contributed by atoms with Crippen LogP contribution in [0.2, 0.25) is 5.02 Å². The summed E-state index contributed by atoms with van der Waals surface area (Å²) in [7, 11) is -3.99. The van der Waals surface area contributed by atoms with Gasteiger partial charge in [-0.15, -0.1) is 0 Å². The maximum Gasteiger partial charge on any atom is 0.264 e. The fourth-order valence-electron chi connectivity index (χ4n) is 3.35. The van der Waals surface area contributed by atoms with E-state index in [9.17, 15) is 13.2 Å². The molecule has 33 heavy (non-hydrogen) atoms. The smallest absolute Gasteiger partial charge is 0.264 e. The SMILES string of the molecule is CCOc1ccccc1N(CC(=O)NCCCc1ccccc1Cl)S(=O)(=O)c1ccccc1. The quantitative estimate of drug-likeness (QED) is 0.399. The number of sulfonamides is 1. The Morgan fingerprint density at radius 3 is 2.36 bits per heavy atom. The van der Waals surface area contributed by atoms with Crippen molar-refractivity contribution in [2.75, 3.05) is 24.0 Å². The van der Waals surface area contributed by atoms with Crippen LogP contribution in [0.15, 0.2) is 83.8 Å². The van der Waals surface area contributed by atoms with Crippen molar-refractivity contribution in [2.24, 2.45) is 0 Å². The lowest BCUT2D eigenvalue weighted by atomic mass is 10.1. The van der Waals surface area contributed by atoms with E-state index < -0.39 is 15.9 Å². The molecule has 0 aliphatic heterocycles. The zero-order valence-corrected chi connectivity index (χ0v) is 20.0. The van der Waals surface area contributed by atoms with Crippen molar-refractivity contribution >= 4 is 33.2 Å². The molecule has 0 saturated heterocycles. The second-order valence-corrected chi connectivity index (χ2v) is 9.54. The number of halogens is 1. The predicted molar refractivity (Wildman–Crippen MR) is 131 cm³/mol. The number of nitrogens with one attached hydrogen (secondary N) is 1. The van der Waals surface area contributed by atoms with Crippen molar-refractivity contribution in [3.8, 4) is 5.75 Å². The van der Waals surface area contributed by atoms with Crippen LogP contribution in [0, 0.1) is 0 Å². The molecule has 3 aromatic rings. The van der Waals surface area contributed by atoms with Crippen LogP contribution in [0.5, 0.6) is 5.75 Å². The molecule has 3 rings (SSSR count). The molecule has 1 N–H and O–H groups in total. The standard InChI is InChI=1S/C25H27ClN2O4S/c1-2-32-24-17-9-8-16-23(24)28(33(30,31)21-13-4-3-5-14-21)19-25(29)27-18-10-12-20-11-6-7-15-22(20)26/h3-9,11,13-17H,2,10,12,18-19H2,1H3,(H,27,29). The third-order valence-corrected chi connectivity index (χ3v) is 7.10. The van der Waals surface area contributed by atoms with Crippen LogP contribution < -0.4 is 14.4 Å². The summed E-state index contributed by atoms with van der Waals surface area (Å²) in [6.07, 6.45) is 1.38. The first-order valence-corrected chi connectivity index (χ1v) is 12.5. The first kappa shape index (κ1) is 24.6. The van der Waals surface area contributed by atoms with Gasteiger partial charge in [-0.25, -0.2) is 8.42 Å². The summed E-state index contributed by atoms with van der Waals surface area (Å²) < 4.78 is 33.6. The Hall–Kier alpha value is -3.03. The third kappa shape index (κ3) is 6.49. The highest BCUT2D eigenvalue weighted by atomic mass is 35.5. The molecular formula is C25H27ClN2O4S. The minimum absolute atomic E-state index is 0.0998. The van der Waals surface area contributed by atoms with E-state index in [4.69, 9.17) is 16.3 Å². The first-order chi connectivity index (χ1) is 15.9. The van der Waals surface area contributed by atoms with Gasteiger partial charge in [-0.05, 0) is 55.7 Å². The number of benzene rings is 3. The molecule has 0 saturated carbocycles. The fourth-order valence-corrected chi connectivity index (χ4v) is 5.04.